The van der Waals surface area contributed by atoms with E-state index in [1.165, 1.54) is 11.1 Å². The maximum atomic E-state index is 4.32. The molecule has 0 amide bonds. The molecule has 0 aliphatic heterocycles. The van der Waals surface area contributed by atoms with Crippen molar-refractivity contribution in [2.75, 3.05) is 0 Å². The van der Waals surface area contributed by atoms with E-state index in [2.05, 4.69) is 67.3 Å². The van der Waals surface area contributed by atoms with Crippen molar-refractivity contribution in [3.8, 4) is 11.1 Å². The number of pyridine rings is 2. The van der Waals surface area contributed by atoms with Gasteiger partial charge in [0.05, 0.1) is 0 Å². The molecule has 0 fully saturated rings. The van der Waals surface area contributed by atoms with Gasteiger partial charge in [-0.3, -0.25) is 4.98 Å². The van der Waals surface area contributed by atoms with Gasteiger partial charge in [-0.1, -0.05) is 0 Å². The van der Waals surface area contributed by atoms with Crippen LogP contribution in [0.15, 0.2) is 36.7 Å². The van der Waals surface area contributed by atoms with E-state index in [1.807, 2.05) is 12.1 Å². The van der Waals surface area contributed by atoms with Gasteiger partial charge in [0.2, 0.25) is 0 Å². The summed E-state index contributed by atoms with van der Waals surface area (Å²) in [7, 11) is 0. The maximum Gasteiger partial charge on any atom is 0.103 e. The van der Waals surface area contributed by atoms with Crippen LogP contribution in [0.5, 0.6) is 0 Å². The predicted octanol–water partition coefficient (Wildman–Crippen LogP) is 3.35. The first-order valence-electron chi connectivity index (χ1n) is 3.99. The molecule has 2 heterocycles. The number of hydrogen-bond acceptors (Lipinski definition) is 2. The molecule has 2 aromatic rings. The Morgan fingerprint density at radius 3 is 2.00 bits per heavy atom. The lowest BCUT2D eigenvalue weighted by atomic mass is 10.1. The normalized spacial score (nSPS) is 10.1. The van der Waals surface area contributed by atoms with Gasteiger partial charge in [-0.05, 0) is 80.6 Å². The summed E-state index contributed by atoms with van der Waals surface area (Å²) in [5, 5.41) is 0. The lowest BCUT2D eigenvalue weighted by Crippen LogP contribution is -1.87. The second-order valence-electron chi connectivity index (χ2n) is 2.74. The minimum absolute atomic E-state index is 1.02. The summed E-state index contributed by atoms with van der Waals surface area (Å²) in [6.45, 7) is 0. The molecule has 0 saturated heterocycles. The van der Waals surface area contributed by atoms with Gasteiger partial charge in [0.25, 0.3) is 0 Å². The molecule has 0 N–H and O–H groups in total. The van der Waals surface area contributed by atoms with Crippen LogP contribution in [0.4, 0.5) is 0 Å². The highest BCUT2D eigenvalue weighted by Gasteiger charge is 2.00. The molecule has 70 valence electrons. The van der Waals surface area contributed by atoms with Crippen LogP contribution in [-0.4, -0.2) is 9.97 Å². The van der Waals surface area contributed by atoms with E-state index in [1.54, 1.807) is 12.4 Å². The molecule has 0 radical (unpaired) electrons. The minimum atomic E-state index is 1.02. The zero-order valence-corrected chi connectivity index (χ0v) is 11.4. The van der Waals surface area contributed by atoms with Gasteiger partial charge in [0.15, 0.2) is 0 Å². The number of halogens is 2. The Labute approximate surface area is 109 Å². The quantitative estimate of drug-likeness (QED) is 0.535. The highest BCUT2D eigenvalue weighted by atomic mass is 127. The summed E-state index contributed by atoms with van der Waals surface area (Å²) in [5.74, 6) is 0. The molecule has 0 saturated carbocycles. The first kappa shape index (κ1) is 10.3. The van der Waals surface area contributed by atoms with Gasteiger partial charge in [0, 0.05) is 12.4 Å². The second kappa shape index (κ2) is 4.52. The van der Waals surface area contributed by atoms with Crippen molar-refractivity contribution in [2.45, 2.75) is 0 Å². The van der Waals surface area contributed by atoms with Crippen molar-refractivity contribution < 1.29 is 0 Å². The van der Waals surface area contributed by atoms with Crippen molar-refractivity contribution in [3.05, 3.63) is 44.1 Å². The number of hydrogen-bond donors (Lipinski definition) is 0. The van der Waals surface area contributed by atoms with Crippen molar-refractivity contribution in [1.82, 2.24) is 9.97 Å². The molecular formula is C10H6I2N2. The van der Waals surface area contributed by atoms with Crippen LogP contribution in [0.1, 0.15) is 0 Å². The Morgan fingerprint density at radius 2 is 1.43 bits per heavy atom. The molecule has 2 aromatic heterocycles. The van der Waals surface area contributed by atoms with Crippen molar-refractivity contribution in [1.29, 1.82) is 0 Å². The molecule has 14 heavy (non-hydrogen) atoms. The second-order valence-corrected chi connectivity index (χ2v) is 4.95. The lowest BCUT2D eigenvalue weighted by Gasteiger charge is -2.02. The minimum Gasteiger partial charge on any atom is -0.265 e. The highest BCUT2D eigenvalue weighted by molar-refractivity contribution is 14.1. The van der Waals surface area contributed by atoms with Gasteiger partial charge < -0.3 is 0 Å². The Kier molecular flexibility index (Phi) is 3.32. The summed E-state index contributed by atoms with van der Waals surface area (Å²) in [5.41, 5.74) is 2.37. The largest absolute Gasteiger partial charge is 0.265 e. The number of nitrogens with zero attached hydrogens (tertiary/aromatic N) is 2. The topological polar surface area (TPSA) is 25.8 Å². The van der Waals surface area contributed by atoms with E-state index in [-0.39, 0.29) is 0 Å². The van der Waals surface area contributed by atoms with Gasteiger partial charge in [-0.25, -0.2) is 4.98 Å². The van der Waals surface area contributed by atoms with Crippen LogP contribution >= 0.6 is 45.2 Å². The smallest absolute Gasteiger partial charge is 0.103 e. The van der Waals surface area contributed by atoms with E-state index in [9.17, 15) is 0 Å². The molecule has 0 atom stereocenters. The molecule has 0 bridgehead atoms. The van der Waals surface area contributed by atoms with Crippen LogP contribution in [0.2, 0.25) is 0 Å². The highest BCUT2D eigenvalue weighted by Crippen LogP contribution is 2.21. The fraction of sp³-hybridized carbons (Fsp3) is 0. The fourth-order valence-corrected chi connectivity index (χ4v) is 2.83. The molecule has 0 aliphatic carbocycles. The Bertz CT molecular complexity index is 423. The van der Waals surface area contributed by atoms with Crippen LogP contribution in [-0.2, 0) is 0 Å². The summed E-state index contributed by atoms with van der Waals surface area (Å²) in [4.78, 5) is 8.31. The molecule has 2 nitrogen and oxygen atoms in total. The molecule has 0 aromatic carbocycles. The first-order valence-corrected chi connectivity index (χ1v) is 6.15. The van der Waals surface area contributed by atoms with Crippen molar-refractivity contribution in [2.24, 2.45) is 0 Å². The van der Waals surface area contributed by atoms with Gasteiger partial charge >= 0.3 is 0 Å². The molecule has 2 rings (SSSR count). The number of rotatable bonds is 1. The Morgan fingerprint density at radius 1 is 0.857 bits per heavy atom. The zero-order chi connectivity index (χ0) is 9.97. The van der Waals surface area contributed by atoms with Gasteiger partial charge in [-0.2, -0.15) is 0 Å². The zero-order valence-electron chi connectivity index (χ0n) is 7.11. The van der Waals surface area contributed by atoms with Crippen LogP contribution in [0.25, 0.3) is 11.1 Å². The summed E-state index contributed by atoms with van der Waals surface area (Å²) < 4.78 is 2.03. The third kappa shape index (κ3) is 2.41. The van der Waals surface area contributed by atoms with Gasteiger partial charge in [0.1, 0.15) is 7.40 Å². The molecule has 0 unspecified atom stereocenters. The average molecular weight is 408 g/mol. The van der Waals surface area contributed by atoms with E-state index in [0.29, 0.717) is 0 Å². The first-order chi connectivity index (χ1) is 6.75. The summed E-state index contributed by atoms with van der Waals surface area (Å²) >= 11 is 4.45. The Balaban J connectivity index is 2.52. The standard InChI is InChI=1S/C10H6I2N2/c11-9-5-8(6-10(12)14-9)7-1-3-13-4-2-7/h1-6H. The van der Waals surface area contributed by atoms with E-state index < -0.39 is 0 Å². The third-order valence-electron chi connectivity index (χ3n) is 1.78. The molecule has 0 aliphatic rings. The van der Waals surface area contributed by atoms with Gasteiger partial charge in [-0.15, -0.1) is 0 Å². The summed E-state index contributed by atoms with van der Waals surface area (Å²) in [6, 6.07) is 8.14. The number of aromatic nitrogens is 2. The SMILES string of the molecule is Ic1cc(-c2ccncc2)cc(I)n1. The molecule has 4 heteroatoms. The maximum absolute atomic E-state index is 4.32. The monoisotopic (exact) mass is 408 g/mol. The van der Waals surface area contributed by atoms with Crippen molar-refractivity contribution in [3.63, 3.8) is 0 Å². The van der Waals surface area contributed by atoms with E-state index >= 15 is 0 Å². The van der Waals surface area contributed by atoms with E-state index in [4.69, 9.17) is 0 Å². The van der Waals surface area contributed by atoms with Crippen LogP contribution in [0.3, 0.4) is 0 Å². The summed E-state index contributed by atoms with van der Waals surface area (Å²) in [6.07, 6.45) is 3.60. The molecule has 0 spiro atoms. The van der Waals surface area contributed by atoms with Crippen molar-refractivity contribution >= 4 is 45.2 Å². The van der Waals surface area contributed by atoms with E-state index in [0.717, 1.165) is 7.40 Å². The lowest BCUT2D eigenvalue weighted by molar-refractivity contribution is 1.22. The van der Waals surface area contributed by atoms with Crippen LogP contribution in [0, 0.1) is 7.40 Å². The predicted molar refractivity (Wildman–Crippen MR) is 72.9 cm³/mol. The fourth-order valence-electron chi connectivity index (χ4n) is 1.18. The Hall–Kier alpha value is -0.240. The third-order valence-corrected chi connectivity index (χ3v) is 2.88. The average Bonchev–Trinajstić information content (AvgIpc) is 2.18. The molecular weight excluding hydrogens is 402 g/mol. The van der Waals surface area contributed by atoms with Crippen LogP contribution < -0.4 is 0 Å².